The van der Waals surface area contributed by atoms with Gasteiger partial charge in [-0.3, -0.25) is 4.98 Å². The lowest BCUT2D eigenvalue weighted by atomic mass is 10.00. The summed E-state index contributed by atoms with van der Waals surface area (Å²) in [6, 6.07) is 10.1. The molecule has 0 bridgehead atoms. The van der Waals surface area contributed by atoms with Gasteiger partial charge in [-0.2, -0.15) is 0 Å². The van der Waals surface area contributed by atoms with Crippen molar-refractivity contribution in [1.29, 1.82) is 0 Å². The number of aromatic nitrogens is 4. The maximum Gasteiger partial charge on any atom is 0.407 e. The van der Waals surface area contributed by atoms with Gasteiger partial charge < -0.3 is 20.4 Å². The summed E-state index contributed by atoms with van der Waals surface area (Å²) < 4.78 is 7.65. The van der Waals surface area contributed by atoms with Crippen LogP contribution in [-0.2, 0) is 17.7 Å². The third-order valence-corrected chi connectivity index (χ3v) is 5.95. The van der Waals surface area contributed by atoms with Gasteiger partial charge in [-0.05, 0) is 52.2 Å². The highest BCUT2D eigenvalue weighted by Crippen LogP contribution is 2.39. The fourth-order valence-corrected chi connectivity index (χ4v) is 4.64. The van der Waals surface area contributed by atoms with Gasteiger partial charge in [0.1, 0.15) is 23.4 Å². The van der Waals surface area contributed by atoms with Gasteiger partial charge in [0, 0.05) is 34.9 Å². The number of nitrogen functional groups attached to an aromatic ring is 1. The van der Waals surface area contributed by atoms with Crippen molar-refractivity contribution in [2.75, 3.05) is 5.73 Å². The Morgan fingerprint density at radius 1 is 1.21 bits per heavy atom. The third-order valence-electron chi connectivity index (χ3n) is 5.95. The number of ether oxygens (including phenoxy) is 1. The number of hydrogen-bond donors (Lipinski definition) is 2. The molecule has 0 radical (unpaired) electrons. The van der Waals surface area contributed by atoms with Crippen LogP contribution in [0.1, 0.15) is 39.3 Å². The molecule has 1 aliphatic rings. The van der Waals surface area contributed by atoms with E-state index in [-0.39, 0.29) is 6.04 Å². The van der Waals surface area contributed by atoms with E-state index in [2.05, 4.69) is 37.0 Å². The standard InChI is InChI=1S/C25H28N6O2/c1-25(2,3)33-24(32)30-17-8-6-10-19-20(16-11-15-7-4-5-9-18(15)27-12-16)21-22(26)28-14-29-23(21)31(19)13-17/h4-5,7,9,11-12,14,17H,6,8,10,13H2,1-3H3,(H,30,32)(H2,26,28,29)/t17-/m0/s1. The Balaban J connectivity index is 1.60. The second-order valence-corrected chi connectivity index (χ2v) is 9.54. The van der Waals surface area contributed by atoms with Gasteiger partial charge in [0.25, 0.3) is 0 Å². The minimum Gasteiger partial charge on any atom is -0.444 e. The summed E-state index contributed by atoms with van der Waals surface area (Å²) in [4.78, 5) is 26.0. The lowest BCUT2D eigenvalue weighted by molar-refractivity contribution is 0.0497. The first-order valence-electron chi connectivity index (χ1n) is 11.3. The van der Waals surface area contributed by atoms with Crippen LogP contribution in [0.3, 0.4) is 0 Å². The normalized spacial score (nSPS) is 16.4. The zero-order chi connectivity index (χ0) is 23.2. The van der Waals surface area contributed by atoms with Gasteiger partial charge in [-0.25, -0.2) is 14.8 Å². The molecule has 1 atom stereocenters. The van der Waals surface area contributed by atoms with Gasteiger partial charge in [-0.15, -0.1) is 0 Å². The Morgan fingerprint density at radius 2 is 2.03 bits per heavy atom. The lowest BCUT2D eigenvalue weighted by Crippen LogP contribution is -2.40. The van der Waals surface area contributed by atoms with Crippen LogP contribution in [0.2, 0.25) is 0 Å². The summed E-state index contributed by atoms with van der Waals surface area (Å²) in [5.41, 5.74) is 10.7. The highest BCUT2D eigenvalue weighted by Gasteiger charge is 2.28. The van der Waals surface area contributed by atoms with Crippen LogP contribution in [0.5, 0.6) is 0 Å². The predicted molar refractivity (Wildman–Crippen MR) is 129 cm³/mol. The molecule has 0 unspecified atom stereocenters. The van der Waals surface area contributed by atoms with Crippen LogP contribution < -0.4 is 11.1 Å². The molecule has 8 nitrogen and oxygen atoms in total. The summed E-state index contributed by atoms with van der Waals surface area (Å²) in [6.45, 7) is 6.17. The summed E-state index contributed by atoms with van der Waals surface area (Å²) in [6.07, 6.45) is 5.59. The molecule has 5 rings (SSSR count). The number of para-hydroxylation sites is 1. The van der Waals surface area contributed by atoms with Crippen LogP contribution in [0.15, 0.2) is 42.9 Å². The minimum atomic E-state index is -0.544. The van der Waals surface area contributed by atoms with E-state index in [9.17, 15) is 4.79 Å². The van der Waals surface area contributed by atoms with Crippen molar-refractivity contribution in [2.45, 2.75) is 58.2 Å². The summed E-state index contributed by atoms with van der Waals surface area (Å²) in [5.74, 6) is 0.445. The second kappa shape index (κ2) is 8.03. The Kier molecular flexibility index (Phi) is 5.15. The number of anilines is 1. The summed E-state index contributed by atoms with van der Waals surface area (Å²) in [5, 5.41) is 4.94. The van der Waals surface area contributed by atoms with Gasteiger partial charge in [0.2, 0.25) is 0 Å². The number of alkyl carbamates (subject to hydrolysis) is 1. The van der Waals surface area contributed by atoms with E-state index in [0.717, 1.165) is 58.0 Å². The first-order valence-corrected chi connectivity index (χ1v) is 11.3. The molecule has 0 saturated heterocycles. The SMILES string of the molecule is CC(C)(C)OC(=O)N[C@H]1CCCc2c(-c3cnc4ccccc4c3)c3c(N)ncnc3n2C1. The molecule has 8 heteroatoms. The van der Waals surface area contributed by atoms with Gasteiger partial charge in [0.05, 0.1) is 16.9 Å². The molecule has 3 aromatic heterocycles. The number of nitrogens with one attached hydrogen (secondary N) is 1. The van der Waals surface area contributed by atoms with Crippen LogP contribution >= 0.6 is 0 Å². The van der Waals surface area contributed by atoms with Crippen molar-refractivity contribution in [2.24, 2.45) is 0 Å². The molecule has 3 N–H and O–H groups in total. The Labute approximate surface area is 192 Å². The maximum absolute atomic E-state index is 12.4. The van der Waals surface area contributed by atoms with Crippen molar-refractivity contribution in [3.8, 4) is 11.1 Å². The number of hydrogen-bond acceptors (Lipinski definition) is 6. The molecule has 33 heavy (non-hydrogen) atoms. The van der Waals surface area contributed by atoms with Crippen molar-refractivity contribution in [3.05, 3.63) is 48.5 Å². The number of carbonyl (C=O) groups excluding carboxylic acids is 1. The number of benzene rings is 1. The fraction of sp³-hybridized carbons (Fsp3) is 0.360. The fourth-order valence-electron chi connectivity index (χ4n) is 4.64. The quantitative estimate of drug-likeness (QED) is 0.473. The number of amides is 1. The average molecular weight is 445 g/mol. The van der Waals surface area contributed by atoms with E-state index in [4.69, 9.17) is 10.5 Å². The van der Waals surface area contributed by atoms with Crippen molar-refractivity contribution in [1.82, 2.24) is 24.8 Å². The molecule has 170 valence electrons. The van der Waals surface area contributed by atoms with Crippen LogP contribution in [0.25, 0.3) is 33.1 Å². The van der Waals surface area contributed by atoms with Gasteiger partial charge in [-0.1, -0.05) is 18.2 Å². The van der Waals surface area contributed by atoms with Crippen LogP contribution in [-0.4, -0.2) is 37.3 Å². The maximum atomic E-state index is 12.4. The van der Waals surface area contributed by atoms with Crippen LogP contribution in [0, 0.1) is 0 Å². The first kappa shape index (κ1) is 21.2. The molecule has 0 saturated carbocycles. The van der Waals surface area contributed by atoms with E-state index < -0.39 is 11.7 Å². The molecule has 4 aromatic rings. The van der Waals surface area contributed by atoms with Crippen molar-refractivity contribution >= 4 is 33.8 Å². The zero-order valence-corrected chi connectivity index (χ0v) is 19.1. The topological polar surface area (TPSA) is 108 Å². The average Bonchev–Trinajstić information content (AvgIpc) is 2.92. The van der Waals surface area contributed by atoms with Crippen molar-refractivity contribution in [3.63, 3.8) is 0 Å². The molecular weight excluding hydrogens is 416 g/mol. The van der Waals surface area contributed by atoms with E-state index in [1.807, 2.05) is 45.2 Å². The number of nitrogens with zero attached hydrogens (tertiary/aromatic N) is 4. The molecule has 1 aliphatic heterocycles. The predicted octanol–water partition coefficient (Wildman–Crippen LogP) is 4.46. The van der Waals surface area contributed by atoms with E-state index in [1.54, 1.807) is 0 Å². The molecule has 1 aromatic carbocycles. The number of rotatable bonds is 2. The monoisotopic (exact) mass is 444 g/mol. The zero-order valence-electron chi connectivity index (χ0n) is 19.1. The lowest BCUT2D eigenvalue weighted by Gasteiger charge is -2.23. The molecule has 0 aliphatic carbocycles. The number of carbonyl (C=O) groups is 1. The molecular formula is C25H28N6O2. The largest absolute Gasteiger partial charge is 0.444 e. The molecule has 0 spiro atoms. The van der Waals surface area contributed by atoms with Gasteiger partial charge in [0.15, 0.2) is 0 Å². The van der Waals surface area contributed by atoms with Crippen molar-refractivity contribution < 1.29 is 9.53 Å². The van der Waals surface area contributed by atoms with Crippen LogP contribution in [0.4, 0.5) is 10.6 Å². The minimum absolute atomic E-state index is 0.0736. The molecule has 4 heterocycles. The Bertz CT molecular complexity index is 1350. The highest BCUT2D eigenvalue weighted by molar-refractivity contribution is 6.03. The Morgan fingerprint density at radius 3 is 2.85 bits per heavy atom. The Hall–Kier alpha value is -3.68. The van der Waals surface area contributed by atoms with E-state index in [1.165, 1.54) is 6.33 Å². The van der Waals surface area contributed by atoms with E-state index >= 15 is 0 Å². The van der Waals surface area contributed by atoms with E-state index in [0.29, 0.717) is 12.4 Å². The first-order chi connectivity index (χ1) is 15.8. The number of pyridine rings is 1. The summed E-state index contributed by atoms with van der Waals surface area (Å²) >= 11 is 0. The van der Waals surface area contributed by atoms with Gasteiger partial charge >= 0.3 is 6.09 Å². The third kappa shape index (κ3) is 4.08. The molecule has 1 amide bonds. The number of nitrogens with two attached hydrogens (primary N) is 1. The second-order valence-electron chi connectivity index (χ2n) is 9.54. The smallest absolute Gasteiger partial charge is 0.407 e. The summed E-state index contributed by atoms with van der Waals surface area (Å²) in [7, 11) is 0. The highest BCUT2D eigenvalue weighted by atomic mass is 16.6. The number of fused-ring (bicyclic) bond motifs is 4. The molecule has 0 fully saturated rings.